The molecule has 2 heterocycles. The van der Waals surface area contributed by atoms with E-state index in [1.165, 1.54) is 23.0 Å². The van der Waals surface area contributed by atoms with Crippen LogP contribution in [0.15, 0.2) is 12.3 Å². The predicted octanol–water partition coefficient (Wildman–Crippen LogP) is 2.06. The van der Waals surface area contributed by atoms with Crippen molar-refractivity contribution < 1.29 is 0 Å². The molecule has 5 nitrogen and oxygen atoms in total. The van der Waals surface area contributed by atoms with E-state index < -0.39 is 0 Å². The van der Waals surface area contributed by atoms with Gasteiger partial charge in [-0.05, 0) is 33.9 Å². The van der Waals surface area contributed by atoms with Crippen LogP contribution in [0.2, 0.25) is 0 Å². The SMILES string of the molecule is CCCC(C)C(C)c1cnn2nnnc2c1. The van der Waals surface area contributed by atoms with E-state index in [4.69, 9.17) is 0 Å². The molecule has 5 heteroatoms. The summed E-state index contributed by atoms with van der Waals surface area (Å²) in [5, 5.41) is 15.4. The molecule has 2 aromatic rings. The third-order valence-corrected chi connectivity index (χ3v) is 3.21. The average Bonchev–Trinajstić information content (AvgIpc) is 2.75. The van der Waals surface area contributed by atoms with Crippen LogP contribution in [0.5, 0.6) is 0 Å². The zero-order valence-corrected chi connectivity index (χ0v) is 9.96. The summed E-state index contributed by atoms with van der Waals surface area (Å²) in [4.78, 5) is 0. The van der Waals surface area contributed by atoms with Crippen molar-refractivity contribution in [3.63, 3.8) is 0 Å². The van der Waals surface area contributed by atoms with Crippen LogP contribution in [0.1, 0.15) is 45.1 Å². The molecule has 0 saturated heterocycles. The standard InChI is InChI=1S/C11H17N5/c1-4-5-8(2)9(3)10-6-11-13-14-15-16(11)12-7-10/h6-9H,4-5H2,1-3H3. The van der Waals surface area contributed by atoms with Crippen LogP contribution in [0.4, 0.5) is 0 Å². The number of tetrazole rings is 1. The minimum absolute atomic E-state index is 0.495. The Hall–Kier alpha value is -1.52. The van der Waals surface area contributed by atoms with Gasteiger partial charge in [-0.3, -0.25) is 0 Å². The van der Waals surface area contributed by atoms with Crippen molar-refractivity contribution in [3.8, 4) is 0 Å². The molecular weight excluding hydrogens is 202 g/mol. The van der Waals surface area contributed by atoms with E-state index in [-0.39, 0.29) is 0 Å². The first-order valence-corrected chi connectivity index (χ1v) is 5.76. The highest BCUT2D eigenvalue weighted by Crippen LogP contribution is 2.26. The van der Waals surface area contributed by atoms with Crippen LogP contribution >= 0.6 is 0 Å². The summed E-state index contributed by atoms with van der Waals surface area (Å²) in [6.45, 7) is 6.73. The van der Waals surface area contributed by atoms with Gasteiger partial charge >= 0.3 is 0 Å². The first kappa shape index (κ1) is 11.0. The van der Waals surface area contributed by atoms with Crippen LogP contribution in [0, 0.1) is 5.92 Å². The first-order chi connectivity index (χ1) is 7.72. The highest BCUT2D eigenvalue weighted by molar-refractivity contribution is 5.37. The van der Waals surface area contributed by atoms with E-state index in [9.17, 15) is 0 Å². The number of nitrogens with zero attached hydrogens (tertiary/aromatic N) is 5. The van der Waals surface area contributed by atoms with Crippen LogP contribution in [0.3, 0.4) is 0 Å². The van der Waals surface area contributed by atoms with Gasteiger partial charge in [-0.25, -0.2) is 0 Å². The third kappa shape index (κ3) is 2.03. The molecule has 0 aliphatic carbocycles. The zero-order valence-electron chi connectivity index (χ0n) is 9.96. The van der Waals surface area contributed by atoms with Gasteiger partial charge in [0, 0.05) is 0 Å². The van der Waals surface area contributed by atoms with Gasteiger partial charge in [-0.15, -0.1) is 9.73 Å². The quantitative estimate of drug-likeness (QED) is 0.789. The van der Waals surface area contributed by atoms with Crippen molar-refractivity contribution in [3.05, 3.63) is 17.8 Å². The lowest BCUT2D eigenvalue weighted by Gasteiger charge is -2.18. The van der Waals surface area contributed by atoms with Gasteiger partial charge in [-0.2, -0.15) is 5.10 Å². The van der Waals surface area contributed by atoms with E-state index in [1.54, 1.807) is 0 Å². The molecule has 0 amide bonds. The Morgan fingerprint density at radius 1 is 1.38 bits per heavy atom. The molecule has 0 spiro atoms. The molecule has 0 saturated carbocycles. The molecule has 0 radical (unpaired) electrons. The second-order valence-corrected chi connectivity index (χ2v) is 4.37. The number of hydrogen-bond acceptors (Lipinski definition) is 4. The van der Waals surface area contributed by atoms with E-state index in [0.29, 0.717) is 17.5 Å². The lowest BCUT2D eigenvalue weighted by atomic mass is 9.87. The summed E-state index contributed by atoms with van der Waals surface area (Å²) in [6, 6.07) is 2.02. The number of aromatic nitrogens is 5. The first-order valence-electron chi connectivity index (χ1n) is 5.76. The van der Waals surface area contributed by atoms with Gasteiger partial charge < -0.3 is 0 Å². The lowest BCUT2D eigenvalue weighted by Crippen LogP contribution is -2.07. The largest absolute Gasteiger partial charge is 0.200 e. The van der Waals surface area contributed by atoms with E-state index in [1.807, 2.05) is 12.3 Å². The molecule has 2 aromatic heterocycles. The lowest BCUT2D eigenvalue weighted by molar-refractivity contribution is 0.446. The Morgan fingerprint density at radius 3 is 2.94 bits per heavy atom. The summed E-state index contributed by atoms with van der Waals surface area (Å²) < 4.78 is 1.45. The second kappa shape index (κ2) is 4.55. The van der Waals surface area contributed by atoms with Crippen LogP contribution in [0.25, 0.3) is 5.65 Å². The van der Waals surface area contributed by atoms with Crippen LogP contribution in [-0.2, 0) is 0 Å². The van der Waals surface area contributed by atoms with Crippen molar-refractivity contribution in [2.75, 3.05) is 0 Å². The molecule has 16 heavy (non-hydrogen) atoms. The minimum Gasteiger partial charge on any atom is -0.155 e. The summed E-state index contributed by atoms with van der Waals surface area (Å²) >= 11 is 0. The maximum Gasteiger partial charge on any atom is 0.200 e. The second-order valence-electron chi connectivity index (χ2n) is 4.37. The molecule has 2 atom stereocenters. The molecular formula is C11H17N5. The predicted molar refractivity (Wildman–Crippen MR) is 61.1 cm³/mol. The normalized spacial score (nSPS) is 15.2. The molecule has 0 aromatic carbocycles. The van der Waals surface area contributed by atoms with Gasteiger partial charge in [0.2, 0.25) is 0 Å². The van der Waals surface area contributed by atoms with E-state index in [2.05, 4.69) is 41.4 Å². The summed E-state index contributed by atoms with van der Waals surface area (Å²) in [5.74, 6) is 1.15. The third-order valence-electron chi connectivity index (χ3n) is 3.21. The molecule has 0 aliphatic heterocycles. The maximum atomic E-state index is 4.19. The highest BCUT2D eigenvalue weighted by atomic mass is 15.6. The molecule has 0 aliphatic rings. The van der Waals surface area contributed by atoms with Crippen LogP contribution in [-0.4, -0.2) is 25.3 Å². The fraction of sp³-hybridized carbons (Fsp3) is 0.636. The van der Waals surface area contributed by atoms with Gasteiger partial charge in [-0.1, -0.05) is 33.6 Å². The smallest absolute Gasteiger partial charge is 0.155 e. The number of fused-ring (bicyclic) bond motifs is 1. The average molecular weight is 219 g/mol. The van der Waals surface area contributed by atoms with Crippen LogP contribution < -0.4 is 0 Å². The molecule has 0 N–H and O–H groups in total. The molecule has 2 unspecified atom stereocenters. The summed E-state index contributed by atoms with van der Waals surface area (Å²) in [7, 11) is 0. The molecule has 2 rings (SSSR count). The van der Waals surface area contributed by atoms with Gasteiger partial charge in [0.05, 0.1) is 6.20 Å². The number of rotatable bonds is 4. The Morgan fingerprint density at radius 2 is 2.19 bits per heavy atom. The van der Waals surface area contributed by atoms with Crippen molar-refractivity contribution in [2.24, 2.45) is 5.92 Å². The Kier molecular flexibility index (Phi) is 3.12. The fourth-order valence-electron chi connectivity index (χ4n) is 1.95. The number of hydrogen-bond donors (Lipinski definition) is 0. The van der Waals surface area contributed by atoms with Crippen molar-refractivity contribution in [1.82, 2.24) is 25.3 Å². The monoisotopic (exact) mass is 219 g/mol. The molecule has 86 valence electrons. The summed E-state index contributed by atoms with van der Waals surface area (Å²) in [6.07, 6.45) is 4.31. The fourth-order valence-corrected chi connectivity index (χ4v) is 1.95. The van der Waals surface area contributed by atoms with Gasteiger partial charge in [0.1, 0.15) is 0 Å². The molecule has 0 fully saturated rings. The summed E-state index contributed by atoms with van der Waals surface area (Å²) in [5.41, 5.74) is 1.93. The van der Waals surface area contributed by atoms with Crippen molar-refractivity contribution >= 4 is 5.65 Å². The Labute approximate surface area is 94.9 Å². The highest BCUT2D eigenvalue weighted by Gasteiger charge is 2.15. The van der Waals surface area contributed by atoms with Gasteiger partial charge in [0.15, 0.2) is 5.65 Å². The molecule has 0 bridgehead atoms. The van der Waals surface area contributed by atoms with Crippen molar-refractivity contribution in [1.29, 1.82) is 0 Å². The Balaban J connectivity index is 2.24. The maximum absolute atomic E-state index is 4.19. The van der Waals surface area contributed by atoms with Crippen molar-refractivity contribution in [2.45, 2.75) is 39.5 Å². The van der Waals surface area contributed by atoms with Gasteiger partial charge in [0.25, 0.3) is 0 Å². The van der Waals surface area contributed by atoms with E-state index in [0.717, 1.165) is 0 Å². The minimum atomic E-state index is 0.495. The topological polar surface area (TPSA) is 56.0 Å². The Bertz CT molecular complexity index is 464. The van der Waals surface area contributed by atoms with E-state index >= 15 is 0 Å². The zero-order chi connectivity index (χ0) is 11.5.